The Labute approximate surface area is 178 Å². The normalized spacial score (nSPS) is 18.7. The fourth-order valence-corrected chi connectivity index (χ4v) is 4.01. The predicted octanol–water partition coefficient (Wildman–Crippen LogP) is 2.67. The minimum absolute atomic E-state index is 0.338. The molecule has 0 unspecified atom stereocenters. The highest BCUT2D eigenvalue weighted by atomic mass is 16.5. The summed E-state index contributed by atoms with van der Waals surface area (Å²) in [6.45, 7) is 8.24. The van der Waals surface area contributed by atoms with Crippen LogP contribution in [-0.4, -0.2) is 64.7 Å². The number of hydrogen-bond acceptors (Lipinski definition) is 6. The van der Waals surface area contributed by atoms with Gasteiger partial charge in [0.1, 0.15) is 12.4 Å². The summed E-state index contributed by atoms with van der Waals surface area (Å²) in [6.07, 6.45) is 8.66. The number of nitrogens with one attached hydrogen (secondary N) is 1. The smallest absolute Gasteiger partial charge is 0.213 e. The molecule has 2 aliphatic rings. The van der Waals surface area contributed by atoms with Gasteiger partial charge in [0, 0.05) is 57.6 Å². The molecule has 0 aromatic carbocycles. The van der Waals surface area contributed by atoms with E-state index in [1.807, 2.05) is 18.3 Å². The van der Waals surface area contributed by atoms with E-state index in [4.69, 9.17) is 14.3 Å². The van der Waals surface area contributed by atoms with E-state index in [1.165, 1.54) is 12.8 Å². The molecule has 0 amide bonds. The van der Waals surface area contributed by atoms with Crippen LogP contribution in [0.1, 0.15) is 43.9 Å². The molecule has 1 aliphatic heterocycles. The third kappa shape index (κ3) is 5.72. The van der Waals surface area contributed by atoms with Crippen LogP contribution in [0.2, 0.25) is 0 Å². The second-order valence-corrected chi connectivity index (χ2v) is 7.95. The van der Waals surface area contributed by atoms with Crippen LogP contribution in [0.5, 0.6) is 5.88 Å². The number of rotatable bonds is 7. The van der Waals surface area contributed by atoms with Gasteiger partial charge in [-0.05, 0) is 38.2 Å². The molecule has 0 bridgehead atoms. The lowest BCUT2D eigenvalue weighted by molar-refractivity contribution is 0.169. The molecular weight excluding hydrogens is 380 g/mol. The van der Waals surface area contributed by atoms with Gasteiger partial charge in [-0.15, -0.1) is 0 Å². The molecule has 30 heavy (non-hydrogen) atoms. The van der Waals surface area contributed by atoms with E-state index >= 15 is 0 Å². The van der Waals surface area contributed by atoms with E-state index in [2.05, 4.69) is 38.2 Å². The van der Waals surface area contributed by atoms with E-state index in [0.717, 1.165) is 75.2 Å². The summed E-state index contributed by atoms with van der Waals surface area (Å²) < 4.78 is 10.9. The first-order chi connectivity index (χ1) is 14.8. The predicted molar refractivity (Wildman–Crippen MR) is 115 cm³/mol. The number of guanidine groups is 1. The molecule has 0 atom stereocenters. The zero-order valence-electron chi connectivity index (χ0n) is 17.8. The molecule has 2 aromatic rings. The lowest BCUT2D eigenvalue weighted by atomic mass is 10.3. The van der Waals surface area contributed by atoms with Crippen molar-refractivity contribution in [2.24, 2.45) is 4.99 Å². The molecule has 1 aliphatic carbocycles. The Morgan fingerprint density at radius 2 is 2.03 bits per heavy atom. The van der Waals surface area contributed by atoms with E-state index in [0.29, 0.717) is 12.6 Å². The van der Waals surface area contributed by atoms with Crippen molar-refractivity contribution in [1.82, 2.24) is 25.3 Å². The van der Waals surface area contributed by atoms with Crippen molar-refractivity contribution in [3.05, 3.63) is 41.9 Å². The molecular formula is C22H32N6O2. The highest BCUT2D eigenvalue weighted by Crippen LogP contribution is 2.23. The largest absolute Gasteiger partial charge is 0.474 e. The molecule has 8 nitrogen and oxygen atoms in total. The monoisotopic (exact) mass is 412 g/mol. The molecule has 0 radical (unpaired) electrons. The number of pyridine rings is 1. The van der Waals surface area contributed by atoms with Gasteiger partial charge in [-0.1, -0.05) is 11.2 Å². The van der Waals surface area contributed by atoms with Crippen LogP contribution in [-0.2, 0) is 13.1 Å². The highest BCUT2D eigenvalue weighted by Gasteiger charge is 2.20. The van der Waals surface area contributed by atoms with Crippen molar-refractivity contribution in [3.63, 3.8) is 0 Å². The van der Waals surface area contributed by atoms with Gasteiger partial charge in [0.05, 0.1) is 12.2 Å². The summed E-state index contributed by atoms with van der Waals surface area (Å²) in [5, 5.41) is 7.44. The van der Waals surface area contributed by atoms with Crippen LogP contribution >= 0.6 is 0 Å². The maximum absolute atomic E-state index is 5.95. The summed E-state index contributed by atoms with van der Waals surface area (Å²) in [6, 6.07) is 5.97. The minimum Gasteiger partial charge on any atom is -0.474 e. The van der Waals surface area contributed by atoms with Crippen molar-refractivity contribution in [1.29, 1.82) is 0 Å². The first-order valence-corrected chi connectivity index (χ1v) is 11.1. The SMILES string of the molecule is CCNC(=NCc1ccc(OC2CCCC2)nc1)N1CCN(Cc2ccon2)CC1. The minimum atomic E-state index is 0.338. The fourth-order valence-electron chi connectivity index (χ4n) is 4.01. The molecule has 162 valence electrons. The number of ether oxygens (including phenoxy) is 1. The molecule has 8 heteroatoms. The van der Waals surface area contributed by atoms with E-state index in [9.17, 15) is 0 Å². The number of aromatic nitrogens is 2. The van der Waals surface area contributed by atoms with Gasteiger partial charge in [0.15, 0.2) is 5.96 Å². The van der Waals surface area contributed by atoms with Gasteiger partial charge in [-0.3, -0.25) is 4.90 Å². The maximum atomic E-state index is 5.95. The number of nitrogens with zero attached hydrogens (tertiary/aromatic N) is 5. The van der Waals surface area contributed by atoms with Crippen LogP contribution in [0.4, 0.5) is 0 Å². The third-order valence-corrected chi connectivity index (χ3v) is 5.68. The van der Waals surface area contributed by atoms with Gasteiger partial charge in [0.25, 0.3) is 0 Å². The van der Waals surface area contributed by atoms with Gasteiger partial charge < -0.3 is 19.5 Å². The highest BCUT2D eigenvalue weighted by molar-refractivity contribution is 5.80. The van der Waals surface area contributed by atoms with Crippen LogP contribution < -0.4 is 10.1 Å². The summed E-state index contributed by atoms with van der Waals surface area (Å²) in [4.78, 5) is 14.0. The molecule has 2 fully saturated rings. The zero-order chi connectivity index (χ0) is 20.6. The molecule has 4 rings (SSSR count). The molecule has 0 spiro atoms. The van der Waals surface area contributed by atoms with Crippen molar-refractivity contribution in [3.8, 4) is 5.88 Å². The van der Waals surface area contributed by atoms with Gasteiger partial charge in [0.2, 0.25) is 5.88 Å². The van der Waals surface area contributed by atoms with Gasteiger partial charge >= 0.3 is 0 Å². The lowest BCUT2D eigenvalue weighted by Crippen LogP contribution is -2.52. The Morgan fingerprint density at radius 1 is 1.20 bits per heavy atom. The Morgan fingerprint density at radius 3 is 2.70 bits per heavy atom. The first kappa shape index (κ1) is 20.7. The average molecular weight is 413 g/mol. The zero-order valence-corrected chi connectivity index (χ0v) is 17.8. The lowest BCUT2D eigenvalue weighted by Gasteiger charge is -2.36. The van der Waals surface area contributed by atoms with Crippen molar-refractivity contribution >= 4 is 5.96 Å². The summed E-state index contributed by atoms with van der Waals surface area (Å²) in [5.74, 6) is 1.69. The Kier molecular flexibility index (Phi) is 7.18. The Balaban J connectivity index is 1.29. The van der Waals surface area contributed by atoms with E-state index in [1.54, 1.807) is 6.26 Å². The summed E-state index contributed by atoms with van der Waals surface area (Å²) >= 11 is 0. The first-order valence-electron chi connectivity index (χ1n) is 11.1. The van der Waals surface area contributed by atoms with Crippen LogP contribution in [0.15, 0.2) is 40.2 Å². The van der Waals surface area contributed by atoms with Crippen molar-refractivity contribution in [2.45, 2.75) is 51.8 Å². The molecule has 1 N–H and O–H groups in total. The topological polar surface area (TPSA) is 79.0 Å². The van der Waals surface area contributed by atoms with Crippen LogP contribution in [0.3, 0.4) is 0 Å². The third-order valence-electron chi connectivity index (χ3n) is 5.68. The van der Waals surface area contributed by atoms with Crippen LogP contribution in [0.25, 0.3) is 0 Å². The fraction of sp³-hybridized carbons (Fsp3) is 0.591. The molecule has 3 heterocycles. The molecule has 1 saturated heterocycles. The number of aliphatic imine (C=N–C) groups is 1. The van der Waals surface area contributed by atoms with Crippen LogP contribution in [0, 0.1) is 0 Å². The summed E-state index contributed by atoms with van der Waals surface area (Å²) in [7, 11) is 0. The van der Waals surface area contributed by atoms with Crippen molar-refractivity contribution in [2.75, 3.05) is 32.7 Å². The number of piperazine rings is 1. The second-order valence-electron chi connectivity index (χ2n) is 7.95. The van der Waals surface area contributed by atoms with Crippen molar-refractivity contribution < 1.29 is 9.26 Å². The standard InChI is InChI=1S/C22H32N6O2/c1-2-23-22(28-12-10-27(11-13-28)17-19-9-14-29-26-19)25-16-18-7-8-21(24-15-18)30-20-5-3-4-6-20/h7-9,14-15,20H,2-6,10-13,16-17H2,1H3,(H,23,25). The second kappa shape index (κ2) is 10.4. The summed E-state index contributed by atoms with van der Waals surface area (Å²) in [5.41, 5.74) is 2.07. The molecule has 1 saturated carbocycles. The van der Waals surface area contributed by atoms with E-state index in [-0.39, 0.29) is 0 Å². The van der Waals surface area contributed by atoms with E-state index < -0.39 is 0 Å². The van der Waals surface area contributed by atoms with Gasteiger partial charge in [-0.2, -0.15) is 0 Å². The molecule has 2 aromatic heterocycles. The Hall–Kier alpha value is -2.61. The quantitative estimate of drug-likeness (QED) is 0.553. The number of hydrogen-bond donors (Lipinski definition) is 1. The maximum Gasteiger partial charge on any atom is 0.213 e. The Bertz CT molecular complexity index is 778. The van der Waals surface area contributed by atoms with Gasteiger partial charge in [-0.25, -0.2) is 9.98 Å². The average Bonchev–Trinajstić information content (AvgIpc) is 3.47.